The second-order valence-corrected chi connectivity index (χ2v) is 2.54. The van der Waals surface area contributed by atoms with Crippen LogP contribution in [0.3, 0.4) is 0 Å². The molecule has 3 heteroatoms. The lowest BCUT2D eigenvalue weighted by Gasteiger charge is -2.07. The Morgan fingerprint density at radius 2 is 2.20 bits per heavy atom. The molecule has 1 N–H and O–H groups in total. The van der Waals surface area contributed by atoms with Crippen LogP contribution in [-0.2, 0) is 0 Å². The molecule has 2 nitrogen and oxygen atoms in total. The van der Waals surface area contributed by atoms with E-state index in [-0.39, 0.29) is 5.92 Å². The summed E-state index contributed by atoms with van der Waals surface area (Å²) in [5, 5.41) is 8.21. The van der Waals surface area contributed by atoms with Gasteiger partial charge in [-0.3, -0.25) is 0 Å². The molecule has 0 aliphatic carbocycles. The van der Waals surface area contributed by atoms with Gasteiger partial charge in [0.15, 0.2) is 0 Å². The normalized spacial score (nSPS) is 12.0. The first-order valence-corrected chi connectivity index (χ1v) is 3.31. The molecule has 0 spiro atoms. The fourth-order valence-electron chi connectivity index (χ4n) is 0.538. The molecule has 0 aliphatic rings. The van der Waals surface area contributed by atoms with E-state index in [9.17, 15) is 0 Å². The Hall–Kier alpha value is -0.615. The molecule has 55 valence electrons. The Labute approximate surface area is 63.5 Å². The minimum Gasteiger partial charge on any atom is -0.462 e. The lowest BCUT2D eigenvalue weighted by atomic mass is 9.80. The first kappa shape index (κ1) is 9.38. The van der Waals surface area contributed by atoms with Crippen molar-refractivity contribution in [2.24, 2.45) is 5.92 Å². The van der Waals surface area contributed by atoms with E-state index < -0.39 is 0 Å². The second-order valence-electron chi connectivity index (χ2n) is 2.54. The first-order valence-electron chi connectivity index (χ1n) is 3.31. The minimum atomic E-state index is 0.243. The summed E-state index contributed by atoms with van der Waals surface area (Å²) in [5.74, 6) is 2.89. The highest BCUT2D eigenvalue weighted by Crippen LogP contribution is 1.98. The van der Waals surface area contributed by atoms with E-state index in [4.69, 9.17) is 5.11 Å². The number of aliphatic hydroxyl groups is 1. The second kappa shape index (κ2) is 5.19. The van der Waals surface area contributed by atoms with Crippen molar-refractivity contribution in [2.75, 3.05) is 14.1 Å². The Morgan fingerprint density at radius 1 is 1.60 bits per heavy atom. The van der Waals surface area contributed by atoms with E-state index in [2.05, 4.69) is 5.92 Å². The fraction of sp³-hybridized carbons (Fsp3) is 0.714. The Bertz CT molecular complexity index is 136. The number of nitrogens with zero attached hydrogens (tertiary/aromatic N) is 1. The molecule has 1 atom stereocenters. The Kier molecular flexibility index (Phi) is 4.87. The van der Waals surface area contributed by atoms with E-state index in [1.165, 1.54) is 0 Å². The van der Waals surface area contributed by atoms with E-state index in [0.29, 0.717) is 0 Å². The third-order valence-electron chi connectivity index (χ3n) is 1.14. The van der Waals surface area contributed by atoms with E-state index in [0.717, 1.165) is 6.32 Å². The molecule has 0 aromatic heterocycles. The lowest BCUT2D eigenvalue weighted by molar-refractivity contribution is 0.514. The van der Waals surface area contributed by atoms with Crippen molar-refractivity contribution in [1.29, 1.82) is 0 Å². The Morgan fingerprint density at radius 3 is 2.60 bits per heavy atom. The largest absolute Gasteiger partial charge is 0.462 e. The van der Waals surface area contributed by atoms with Crippen LogP contribution in [0, 0.1) is 17.9 Å². The predicted molar refractivity (Wildman–Crippen MR) is 43.1 cm³/mol. The molecule has 0 aromatic rings. The summed E-state index contributed by atoms with van der Waals surface area (Å²) >= 11 is 0. The van der Waals surface area contributed by atoms with Gasteiger partial charge in [0.25, 0.3) is 0 Å². The van der Waals surface area contributed by atoms with E-state index in [1.807, 2.05) is 39.4 Å². The number of aliphatic hydroxyl groups excluding tert-OH is 1. The van der Waals surface area contributed by atoms with Gasteiger partial charge < -0.3 is 9.92 Å². The van der Waals surface area contributed by atoms with Gasteiger partial charge in [0.05, 0.1) is 0 Å². The average Bonchev–Trinajstić information content (AvgIpc) is 1.85. The average molecular weight is 138 g/mol. The van der Waals surface area contributed by atoms with Crippen LogP contribution in [0.5, 0.6) is 0 Å². The number of hydrogen-bond acceptors (Lipinski definition) is 2. The zero-order valence-electron chi connectivity index (χ0n) is 6.76. The molecule has 0 rings (SSSR count). The van der Waals surface area contributed by atoms with Crippen LogP contribution in [-0.4, -0.2) is 31.4 Å². The van der Waals surface area contributed by atoms with Crippen molar-refractivity contribution in [3.8, 4) is 12.0 Å². The summed E-state index contributed by atoms with van der Waals surface area (Å²) in [5.41, 5.74) is 0. The van der Waals surface area contributed by atoms with Crippen molar-refractivity contribution in [1.82, 2.24) is 4.81 Å². The zero-order valence-corrected chi connectivity index (χ0v) is 6.76. The summed E-state index contributed by atoms with van der Waals surface area (Å²) in [4.78, 5) is 1.98. The minimum absolute atomic E-state index is 0.243. The summed E-state index contributed by atoms with van der Waals surface area (Å²) in [6, 6.07) is 0. The summed E-state index contributed by atoms with van der Waals surface area (Å²) < 4.78 is 0. The molecule has 10 heavy (non-hydrogen) atoms. The molecule has 1 unspecified atom stereocenters. The van der Waals surface area contributed by atoms with Crippen LogP contribution in [0.25, 0.3) is 0 Å². The van der Waals surface area contributed by atoms with Gasteiger partial charge >= 0.3 is 0 Å². The summed E-state index contributed by atoms with van der Waals surface area (Å²) in [6.45, 7) is 1.98. The van der Waals surface area contributed by atoms with Crippen molar-refractivity contribution >= 4 is 7.41 Å². The van der Waals surface area contributed by atoms with Crippen LogP contribution in [0.1, 0.15) is 6.92 Å². The van der Waals surface area contributed by atoms with Crippen molar-refractivity contribution in [3.63, 3.8) is 0 Å². The highest BCUT2D eigenvalue weighted by atomic mass is 16.2. The molecule has 0 saturated heterocycles. The van der Waals surface area contributed by atoms with Crippen LogP contribution < -0.4 is 0 Å². The quantitative estimate of drug-likeness (QED) is 0.454. The van der Waals surface area contributed by atoms with Gasteiger partial charge in [-0.1, -0.05) is 19.2 Å². The molecular weight excluding hydrogens is 125 g/mol. The third kappa shape index (κ3) is 5.52. The van der Waals surface area contributed by atoms with E-state index in [1.54, 1.807) is 0 Å². The number of rotatable bonds is 3. The highest BCUT2D eigenvalue weighted by Gasteiger charge is 1.99. The van der Waals surface area contributed by atoms with E-state index >= 15 is 0 Å². The molecule has 0 aromatic carbocycles. The highest BCUT2D eigenvalue weighted by molar-refractivity contribution is 6.31. The van der Waals surface area contributed by atoms with Crippen molar-refractivity contribution in [2.45, 2.75) is 13.2 Å². The lowest BCUT2D eigenvalue weighted by Crippen LogP contribution is -2.18. The maximum atomic E-state index is 8.21. The van der Waals surface area contributed by atoms with Gasteiger partial charge in [-0.05, 0) is 14.1 Å². The topological polar surface area (TPSA) is 23.5 Å². The molecule has 0 saturated carbocycles. The smallest absolute Gasteiger partial charge is 0.209 e. The van der Waals surface area contributed by atoms with Gasteiger partial charge in [-0.15, -0.1) is 0 Å². The van der Waals surface area contributed by atoms with Gasteiger partial charge in [0.1, 0.15) is 6.11 Å². The molecule has 0 bridgehead atoms. The monoisotopic (exact) mass is 138 g/mol. The molecular formula is C7H13BNO. The van der Waals surface area contributed by atoms with Gasteiger partial charge in [-0.25, -0.2) is 0 Å². The summed E-state index contributed by atoms with van der Waals surface area (Å²) in [6.07, 6.45) is 2.79. The van der Waals surface area contributed by atoms with Crippen LogP contribution in [0.15, 0.2) is 0 Å². The van der Waals surface area contributed by atoms with Crippen LogP contribution in [0.4, 0.5) is 0 Å². The number of hydrogen-bond donors (Lipinski definition) is 1. The van der Waals surface area contributed by atoms with Crippen molar-refractivity contribution in [3.05, 3.63) is 0 Å². The zero-order chi connectivity index (χ0) is 7.98. The standard InChI is InChI=1S/C7H13BNO/c1-7(4-5-10)6-8-9(2)3/h7,10H,6H2,1-3H3. The predicted octanol–water partition coefficient (Wildman–Crippen LogP) is 0.555. The van der Waals surface area contributed by atoms with Crippen LogP contribution >= 0.6 is 0 Å². The van der Waals surface area contributed by atoms with Gasteiger partial charge in [0.2, 0.25) is 7.41 Å². The van der Waals surface area contributed by atoms with Crippen molar-refractivity contribution < 1.29 is 5.11 Å². The van der Waals surface area contributed by atoms with Gasteiger partial charge in [-0.2, -0.15) is 0 Å². The third-order valence-corrected chi connectivity index (χ3v) is 1.14. The van der Waals surface area contributed by atoms with Gasteiger partial charge in [0, 0.05) is 5.92 Å². The molecule has 1 radical (unpaired) electrons. The maximum absolute atomic E-state index is 8.21. The first-order chi connectivity index (χ1) is 4.66. The fourth-order valence-corrected chi connectivity index (χ4v) is 0.538. The maximum Gasteiger partial charge on any atom is 0.209 e. The molecule has 0 aliphatic heterocycles. The molecule has 0 fully saturated rings. The molecule has 0 amide bonds. The SMILES string of the molecule is CC(C#CO)C[B]N(C)C. The molecule has 0 heterocycles. The Balaban J connectivity index is 3.36. The van der Waals surface area contributed by atoms with Crippen LogP contribution in [0.2, 0.25) is 6.32 Å². The summed E-state index contributed by atoms with van der Waals surface area (Å²) in [7, 11) is 5.98.